The topological polar surface area (TPSA) is 73.8 Å². The second-order valence-corrected chi connectivity index (χ2v) is 7.68. The number of aliphatic imine (C=N–C) groups is 1. The molecule has 1 aliphatic rings. The predicted octanol–water partition coefficient (Wildman–Crippen LogP) is 0.958. The van der Waals surface area contributed by atoms with E-state index in [1.54, 1.807) is 12.1 Å². The molecule has 0 bridgehead atoms. The SMILES string of the molecule is O=C([O-])COc1ccccc1C1=NC(c2ccc(Cl)cc2)C(c2ccc(Cl)cc2)N1.[Na+]. The normalized spacial score (nSPS) is 17.3. The molecule has 8 heteroatoms. The van der Waals surface area contributed by atoms with Gasteiger partial charge >= 0.3 is 29.6 Å². The van der Waals surface area contributed by atoms with E-state index in [-0.39, 0.29) is 41.6 Å². The van der Waals surface area contributed by atoms with Gasteiger partial charge in [0.15, 0.2) is 0 Å². The molecule has 0 aliphatic carbocycles. The standard InChI is InChI=1S/C23H18Cl2N2O3.Na/c24-16-9-5-14(6-10-16)21-22(15-7-11-17(25)12-8-15)27-23(26-21)18-3-1-2-4-19(18)30-13-20(28)29;/h1-12,21-22H,13H2,(H,26,27)(H,28,29);/q;+1/p-1. The summed E-state index contributed by atoms with van der Waals surface area (Å²) in [5, 5.41) is 15.6. The van der Waals surface area contributed by atoms with Gasteiger partial charge in [0.1, 0.15) is 24.2 Å². The van der Waals surface area contributed by atoms with Gasteiger partial charge in [-0.05, 0) is 47.5 Å². The smallest absolute Gasteiger partial charge is 0.546 e. The van der Waals surface area contributed by atoms with E-state index in [0.29, 0.717) is 27.2 Å². The van der Waals surface area contributed by atoms with Crippen LogP contribution in [-0.2, 0) is 4.79 Å². The number of halogens is 2. The van der Waals surface area contributed by atoms with Gasteiger partial charge in [-0.2, -0.15) is 0 Å². The number of hydrogen-bond donors (Lipinski definition) is 1. The summed E-state index contributed by atoms with van der Waals surface area (Å²) in [4.78, 5) is 15.7. The summed E-state index contributed by atoms with van der Waals surface area (Å²) in [5.41, 5.74) is 2.69. The van der Waals surface area contributed by atoms with E-state index in [0.717, 1.165) is 11.1 Å². The molecule has 0 spiro atoms. The molecule has 152 valence electrons. The summed E-state index contributed by atoms with van der Waals surface area (Å²) in [5.74, 6) is -0.257. The number of rotatable bonds is 6. The molecule has 2 atom stereocenters. The number of para-hydroxylation sites is 1. The van der Waals surface area contributed by atoms with Crippen LogP contribution in [0, 0.1) is 0 Å². The number of ether oxygens (including phenoxy) is 1. The number of benzene rings is 3. The minimum atomic E-state index is -1.29. The Morgan fingerprint density at radius 3 is 2.13 bits per heavy atom. The van der Waals surface area contributed by atoms with Crippen molar-refractivity contribution in [2.75, 3.05) is 6.61 Å². The van der Waals surface area contributed by atoms with E-state index in [4.69, 9.17) is 32.9 Å². The molecule has 3 aromatic rings. The molecule has 1 heterocycles. The number of aliphatic carboxylic acids is 1. The van der Waals surface area contributed by atoms with Crippen LogP contribution in [-0.4, -0.2) is 18.4 Å². The molecule has 0 amide bonds. The molecule has 1 N–H and O–H groups in total. The fraction of sp³-hybridized carbons (Fsp3) is 0.130. The molecule has 0 aromatic heterocycles. The van der Waals surface area contributed by atoms with Gasteiger partial charge in [0, 0.05) is 10.0 Å². The fourth-order valence-electron chi connectivity index (χ4n) is 3.41. The Balaban J connectivity index is 0.00000272. The Labute approximate surface area is 212 Å². The number of carboxylic acid groups (broad SMARTS) is 1. The number of hydrogen-bond acceptors (Lipinski definition) is 5. The largest absolute Gasteiger partial charge is 1.00 e. The van der Waals surface area contributed by atoms with Gasteiger partial charge < -0.3 is 20.0 Å². The van der Waals surface area contributed by atoms with Crippen LogP contribution >= 0.6 is 23.2 Å². The van der Waals surface area contributed by atoms with Crippen molar-refractivity contribution in [2.45, 2.75) is 12.1 Å². The zero-order chi connectivity index (χ0) is 21.1. The Bertz CT molecular complexity index is 1090. The first-order chi connectivity index (χ1) is 14.5. The van der Waals surface area contributed by atoms with Crippen LogP contribution in [0.2, 0.25) is 10.0 Å². The molecule has 0 saturated heterocycles. The first-order valence-electron chi connectivity index (χ1n) is 9.28. The number of amidine groups is 1. The summed E-state index contributed by atoms with van der Waals surface area (Å²) in [6.45, 7) is -0.536. The van der Waals surface area contributed by atoms with Crippen molar-refractivity contribution in [1.82, 2.24) is 5.32 Å². The van der Waals surface area contributed by atoms with Crippen molar-refractivity contribution in [3.05, 3.63) is 99.5 Å². The van der Waals surface area contributed by atoms with E-state index in [2.05, 4.69) is 5.32 Å². The summed E-state index contributed by atoms with van der Waals surface area (Å²) >= 11 is 12.1. The van der Waals surface area contributed by atoms with Gasteiger partial charge in [-0.25, -0.2) is 0 Å². The number of carbonyl (C=O) groups excluding carboxylic acids is 1. The van der Waals surface area contributed by atoms with E-state index in [1.807, 2.05) is 60.7 Å². The Morgan fingerprint density at radius 1 is 0.935 bits per heavy atom. The maximum Gasteiger partial charge on any atom is 1.00 e. The number of nitrogens with zero attached hydrogens (tertiary/aromatic N) is 1. The molecule has 3 aromatic carbocycles. The van der Waals surface area contributed by atoms with Crippen molar-refractivity contribution in [2.24, 2.45) is 4.99 Å². The van der Waals surface area contributed by atoms with Gasteiger partial charge in [-0.15, -0.1) is 0 Å². The molecular weight excluding hydrogens is 446 g/mol. The van der Waals surface area contributed by atoms with E-state index in [9.17, 15) is 9.90 Å². The van der Waals surface area contributed by atoms with Gasteiger partial charge in [0.05, 0.1) is 17.6 Å². The summed E-state index contributed by atoms with van der Waals surface area (Å²) in [6, 6.07) is 22.0. The van der Waals surface area contributed by atoms with Crippen LogP contribution in [0.4, 0.5) is 0 Å². The maximum absolute atomic E-state index is 10.8. The molecule has 0 saturated carbocycles. The third-order valence-electron chi connectivity index (χ3n) is 4.80. The first kappa shape index (κ1) is 23.6. The van der Waals surface area contributed by atoms with Crippen LogP contribution in [0.25, 0.3) is 0 Å². The third-order valence-corrected chi connectivity index (χ3v) is 5.31. The minimum Gasteiger partial charge on any atom is -0.546 e. The fourth-order valence-corrected chi connectivity index (χ4v) is 3.66. The van der Waals surface area contributed by atoms with E-state index < -0.39 is 12.6 Å². The van der Waals surface area contributed by atoms with E-state index in [1.165, 1.54) is 0 Å². The molecule has 0 fully saturated rings. The molecule has 2 unspecified atom stereocenters. The van der Waals surface area contributed by atoms with Crippen LogP contribution in [0.15, 0.2) is 77.8 Å². The van der Waals surface area contributed by atoms with Gasteiger partial charge in [-0.3, -0.25) is 4.99 Å². The molecule has 4 rings (SSSR count). The van der Waals surface area contributed by atoms with Crippen LogP contribution in [0.1, 0.15) is 28.8 Å². The average Bonchev–Trinajstić information content (AvgIpc) is 3.19. The number of nitrogens with one attached hydrogen (secondary N) is 1. The van der Waals surface area contributed by atoms with Crippen LogP contribution in [0.3, 0.4) is 0 Å². The van der Waals surface area contributed by atoms with Crippen molar-refractivity contribution in [3.8, 4) is 5.75 Å². The third kappa shape index (κ3) is 5.62. The minimum absolute atomic E-state index is 0. The van der Waals surface area contributed by atoms with Gasteiger partial charge in [0.25, 0.3) is 0 Å². The Kier molecular flexibility index (Phi) is 8.03. The second-order valence-electron chi connectivity index (χ2n) is 6.80. The predicted molar refractivity (Wildman–Crippen MR) is 115 cm³/mol. The molecule has 0 radical (unpaired) electrons. The number of carbonyl (C=O) groups is 1. The first-order valence-corrected chi connectivity index (χ1v) is 10.0. The van der Waals surface area contributed by atoms with Gasteiger partial charge in [-0.1, -0.05) is 59.6 Å². The molecule has 31 heavy (non-hydrogen) atoms. The zero-order valence-electron chi connectivity index (χ0n) is 16.7. The summed E-state index contributed by atoms with van der Waals surface area (Å²) in [6.07, 6.45) is 0. The zero-order valence-corrected chi connectivity index (χ0v) is 20.2. The average molecular weight is 463 g/mol. The van der Waals surface area contributed by atoms with Crippen molar-refractivity contribution in [1.29, 1.82) is 0 Å². The quantitative estimate of drug-likeness (QED) is 0.553. The summed E-state index contributed by atoms with van der Waals surface area (Å²) < 4.78 is 5.41. The second kappa shape index (κ2) is 10.5. The Hall–Kier alpha value is -2.02. The maximum atomic E-state index is 10.8. The van der Waals surface area contributed by atoms with Crippen LogP contribution in [0.5, 0.6) is 5.75 Å². The molecular formula is C23H17Cl2N2NaO3. The van der Waals surface area contributed by atoms with Crippen molar-refractivity contribution < 1.29 is 44.2 Å². The van der Waals surface area contributed by atoms with E-state index >= 15 is 0 Å². The van der Waals surface area contributed by atoms with Crippen molar-refractivity contribution >= 4 is 35.0 Å². The van der Waals surface area contributed by atoms with Crippen molar-refractivity contribution in [3.63, 3.8) is 0 Å². The molecule has 1 aliphatic heterocycles. The Morgan fingerprint density at radius 2 is 1.52 bits per heavy atom. The summed E-state index contributed by atoms with van der Waals surface area (Å²) in [7, 11) is 0. The van der Waals surface area contributed by atoms with Gasteiger partial charge in [0.2, 0.25) is 0 Å². The number of carboxylic acids is 1. The molecule has 5 nitrogen and oxygen atoms in total. The van der Waals surface area contributed by atoms with Crippen LogP contribution < -0.4 is 44.7 Å². The monoisotopic (exact) mass is 462 g/mol.